The molecule has 2 heteroatoms. The van der Waals surface area contributed by atoms with E-state index in [1.807, 2.05) is 12.3 Å². The van der Waals surface area contributed by atoms with Crippen molar-refractivity contribution >= 4 is 0 Å². The van der Waals surface area contributed by atoms with E-state index in [0.29, 0.717) is 23.4 Å². The summed E-state index contributed by atoms with van der Waals surface area (Å²) in [5, 5.41) is 0. The van der Waals surface area contributed by atoms with Gasteiger partial charge in [-0.1, -0.05) is 60.3 Å². The molecule has 3 atom stereocenters. The second-order valence-corrected chi connectivity index (χ2v) is 11.2. The molecule has 0 spiro atoms. The van der Waals surface area contributed by atoms with E-state index >= 15 is 0 Å². The number of furan rings is 1. The molecule has 0 aromatic carbocycles. The van der Waals surface area contributed by atoms with Gasteiger partial charge in [-0.05, 0) is 81.3 Å². The van der Waals surface area contributed by atoms with Crippen molar-refractivity contribution in [1.29, 1.82) is 0 Å². The van der Waals surface area contributed by atoms with Crippen LogP contribution in [0.5, 0.6) is 0 Å². The minimum absolute atomic E-state index is 0.108. The fourth-order valence-corrected chi connectivity index (χ4v) is 6.33. The Morgan fingerprint density at radius 2 is 1.90 bits per heavy atom. The third-order valence-electron chi connectivity index (χ3n) is 7.98. The normalized spacial score (nSPS) is 22.4. The standard InChI is InChI=1S/C27H48O2/c1-9-23(18-24-15-13-17-28-24)27(10-2,11-3)20-26(7,8)29-21(4)22-14-12-16-25(5,6)19-22/h13,15,17,21-23H,9-12,14,16,18-20H2,1-8H3. The van der Waals surface area contributed by atoms with E-state index in [9.17, 15) is 0 Å². The van der Waals surface area contributed by atoms with Crippen molar-refractivity contribution in [3.63, 3.8) is 0 Å². The van der Waals surface area contributed by atoms with Gasteiger partial charge in [0, 0.05) is 6.42 Å². The summed E-state index contributed by atoms with van der Waals surface area (Å²) in [6.07, 6.45) is 13.2. The van der Waals surface area contributed by atoms with E-state index in [1.54, 1.807) is 0 Å². The first kappa shape index (κ1) is 24.5. The zero-order valence-corrected chi connectivity index (χ0v) is 20.6. The average Bonchev–Trinajstić information content (AvgIpc) is 3.16. The number of rotatable bonds is 11. The van der Waals surface area contributed by atoms with Crippen LogP contribution in [0.15, 0.2) is 22.8 Å². The van der Waals surface area contributed by atoms with E-state index in [-0.39, 0.29) is 11.0 Å². The van der Waals surface area contributed by atoms with Gasteiger partial charge < -0.3 is 9.15 Å². The van der Waals surface area contributed by atoms with Gasteiger partial charge in [0.15, 0.2) is 0 Å². The van der Waals surface area contributed by atoms with E-state index in [0.717, 1.165) is 18.6 Å². The van der Waals surface area contributed by atoms with Gasteiger partial charge in [-0.3, -0.25) is 0 Å². The maximum atomic E-state index is 6.84. The van der Waals surface area contributed by atoms with Gasteiger partial charge in [-0.25, -0.2) is 0 Å². The quantitative estimate of drug-likeness (QED) is 0.369. The summed E-state index contributed by atoms with van der Waals surface area (Å²) in [5.41, 5.74) is 0.651. The molecule has 1 fully saturated rings. The first-order valence-corrected chi connectivity index (χ1v) is 12.3. The lowest BCUT2D eigenvalue weighted by atomic mass is 9.63. The molecule has 0 aliphatic heterocycles. The van der Waals surface area contributed by atoms with Crippen LogP contribution in [0.25, 0.3) is 0 Å². The Balaban J connectivity index is 2.10. The largest absolute Gasteiger partial charge is 0.469 e. The van der Waals surface area contributed by atoms with Gasteiger partial charge in [0.05, 0.1) is 18.0 Å². The molecule has 0 N–H and O–H groups in total. The summed E-state index contributed by atoms with van der Waals surface area (Å²) in [6, 6.07) is 4.15. The van der Waals surface area contributed by atoms with Gasteiger partial charge in [0.1, 0.15) is 5.76 Å². The van der Waals surface area contributed by atoms with Crippen LogP contribution in [-0.2, 0) is 11.2 Å². The minimum Gasteiger partial charge on any atom is -0.469 e. The highest BCUT2D eigenvalue weighted by Gasteiger charge is 2.42. The van der Waals surface area contributed by atoms with Crippen molar-refractivity contribution in [3.05, 3.63) is 24.2 Å². The highest BCUT2D eigenvalue weighted by molar-refractivity contribution is 5.02. The third kappa shape index (κ3) is 6.61. The Kier molecular flexibility index (Phi) is 8.48. The number of hydrogen-bond acceptors (Lipinski definition) is 2. The molecule has 1 aromatic rings. The van der Waals surface area contributed by atoms with Gasteiger partial charge in [0.2, 0.25) is 0 Å². The molecule has 0 bridgehead atoms. The van der Waals surface area contributed by atoms with Crippen LogP contribution in [0.2, 0.25) is 0 Å². The second-order valence-electron chi connectivity index (χ2n) is 11.2. The molecular weight excluding hydrogens is 356 g/mol. The predicted octanol–water partition coefficient (Wildman–Crippen LogP) is 8.44. The maximum absolute atomic E-state index is 6.84. The number of ether oxygens (including phenoxy) is 1. The Labute approximate surface area is 181 Å². The monoisotopic (exact) mass is 404 g/mol. The van der Waals surface area contributed by atoms with E-state index in [1.165, 1.54) is 44.9 Å². The lowest BCUT2D eigenvalue weighted by Crippen LogP contribution is -2.43. The van der Waals surface area contributed by atoms with Gasteiger partial charge in [-0.2, -0.15) is 0 Å². The van der Waals surface area contributed by atoms with Crippen LogP contribution in [0, 0.1) is 22.7 Å². The molecule has 0 radical (unpaired) electrons. The van der Waals surface area contributed by atoms with Crippen molar-refractivity contribution in [2.45, 2.75) is 125 Å². The SMILES string of the molecule is CCC(Cc1ccco1)C(CC)(CC)CC(C)(C)OC(C)C1CCCC(C)(C)C1. The summed E-state index contributed by atoms with van der Waals surface area (Å²) in [7, 11) is 0. The van der Waals surface area contributed by atoms with Crippen LogP contribution >= 0.6 is 0 Å². The molecule has 29 heavy (non-hydrogen) atoms. The zero-order valence-electron chi connectivity index (χ0n) is 20.6. The zero-order chi connectivity index (χ0) is 21.7. The van der Waals surface area contributed by atoms with E-state index < -0.39 is 0 Å². The molecular formula is C27H48O2. The molecule has 3 unspecified atom stereocenters. The summed E-state index contributed by atoms with van der Waals surface area (Å²) in [6.45, 7) is 18.9. The van der Waals surface area contributed by atoms with Crippen LogP contribution in [-0.4, -0.2) is 11.7 Å². The van der Waals surface area contributed by atoms with Gasteiger partial charge in [-0.15, -0.1) is 0 Å². The van der Waals surface area contributed by atoms with Crippen molar-refractivity contribution in [1.82, 2.24) is 0 Å². The first-order valence-electron chi connectivity index (χ1n) is 12.3. The lowest BCUT2D eigenvalue weighted by Gasteiger charge is -2.46. The Bertz CT molecular complexity index is 580. The molecule has 1 aliphatic carbocycles. The predicted molar refractivity (Wildman–Crippen MR) is 124 cm³/mol. The van der Waals surface area contributed by atoms with Crippen LogP contribution in [0.1, 0.15) is 113 Å². The third-order valence-corrected chi connectivity index (χ3v) is 7.98. The molecule has 0 saturated heterocycles. The molecule has 1 heterocycles. The van der Waals surface area contributed by atoms with Crippen LogP contribution in [0.4, 0.5) is 0 Å². The van der Waals surface area contributed by atoms with Crippen molar-refractivity contribution < 1.29 is 9.15 Å². The molecule has 0 amide bonds. The summed E-state index contributed by atoms with van der Waals surface area (Å²) < 4.78 is 12.5. The Hall–Kier alpha value is -0.760. The minimum atomic E-state index is -0.108. The van der Waals surface area contributed by atoms with Crippen molar-refractivity contribution in [3.8, 4) is 0 Å². The Morgan fingerprint density at radius 3 is 2.41 bits per heavy atom. The fourth-order valence-electron chi connectivity index (χ4n) is 6.33. The molecule has 1 aliphatic rings. The summed E-state index contributed by atoms with van der Waals surface area (Å²) in [4.78, 5) is 0. The average molecular weight is 405 g/mol. The van der Waals surface area contributed by atoms with Crippen molar-refractivity contribution in [2.24, 2.45) is 22.7 Å². The molecule has 168 valence electrons. The van der Waals surface area contributed by atoms with Crippen molar-refractivity contribution in [2.75, 3.05) is 0 Å². The molecule has 1 aromatic heterocycles. The highest BCUT2D eigenvalue weighted by Crippen LogP contribution is 2.47. The summed E-state index contributed by atoms with van der Waals surface area (Å²) in [5.74, 6) is 2.44. The Morgan fingerprint density at radius 1 is 1.21 bits per heavy atom. The second kappa shape index (κ2) is 10.0. The van der Waals surface area contributed by atoms with Gasteiger partial charge >= 0.3 is 0 Å². The fraction of sp³-hybridized carbons (Fsp3) is 0.852. The lowest BCUT2D eigenvalue weighted by molar-refractivity contribution is -0.127. The van der Waals surface area contributed by atoms with Crippen LogP contribution in [0.3, 0.4) is 0 Å². The first-order chi connectivity index (χ1) is 13.6. The smallest absolute Gasteiger partial charge is 0.104 e. The molecule has 1 saturated carbocycles. The van der Waals surface area contributed by atoms with E-state index in [4.69, 9.17) is 9.15 Å². The number of hydrogen-bond donors (Lipinski definition) is 0. The highest BCUT2D eigenvalue weighted by atomic mass is 16.5. The maximum Gasteiger partial charge on any atom is 0.104 e. The van der Waals surface area contributed by atoms with E-state index in [2.05, 4.69) is 61.5 Å². The molecule has 2 nitrogen and oxygen atoms in total. The topological polar surface area (TPSA) is 22.4 Å². The summed E-state index contributed by atoms with van der Waals surface area (Å²) >= 11 is 0. The van der Waals surface area contributed by atoms with Crippen LogP contribution < -0.4 is 0 Å². The molecule has 2 rings (SSSR count). The van der Waals surface area contributed by atoms with Gasteiger partial charge in [0.25, 0.3) is 0 Å².